The third-order valence-corrected chi connectivity index (χ3v) is 2.90. The van der Waals surface area contributed by atoms with Crippen LogP contribution in [-0.4, -0.2) is 46.9 Å². The summed E-state index contributed by atoms with van der Waals surface area (Å²) in [6.07, 6.45) is 1.64. The summed E-state index contributed by atoms with van der Waals surface area (Å²) in [6.45, 7) is 6.38. The van der Waals surface area contributed by atoms with Crippen molar-refractivity contribution in [3.63, 3.8) is 0 Å². The Hall–Kier alpha value is -1.34. The predicted octanol–water partition coefficient (Wildman–Crippen LogP) is 0.914. The number of nitrogens with one attached hydrogen (secondary N) is 1. The summed E-state index contributed by atoms with van der Waals surface area (Å²) in [5.74, 6) is 0.466. The number of amides is 1. The molecule has 0 bridgehead atoms. The van der Waals surface area contributed by atoms with Gasteiger partial charge in [0.2, 0.25) is 11.8 Å². The van der Waals surface area contributed by atoms with Crippen molar-refractivity contribution < 1.29 is 9.21 Å². The Bertz CT molecular complexity index is 406. The third-order valence-electron chi connectivity index (χ3n) is 1.97. The van der Waals surface area contributed by atoms with E-state index >= 15 is 0 Å². The lowest BCUT2D eigenvalue weighted by Gasteiger charge is -2.07. The smallest absolute Gasteiger partial charge is 0.277 e. The van der Waals surface area contributed by atoms with Crippen molar-refractivity contribution >= 4 is 17.7 Å². The van der Waals surface area contributed by atoms with Crippen LogP contribution in [0, 0.1) is 0 Å². The van der Waals surface area contributed by atoms with Gasteiger partial charge in [-0.25, -0.2) is 0 Å². The molecule has 0 unspecified atom stereocenters. The number of carbonyl (C=O) groups excluding carboxylic acids is 1. The van der Waals surface area contributed by atoms with Gasteiger partial charge in [-0.3, -0.25) is 4.79 Å². The van der Waals surface area contributed by atoms with Crippen molar-refractivity contribution in [3.05, 3.63) is 18.5 Å². The summed E-state index contributed by atoms with van der Waals surface area (Å²) in [5, 5.41) is 10.6. The van der Waals surface area contributed by atoms with Gasteiger partial charge in [-0.05, 0) is 21.0 Å². The van der Waals surface area contributed by atoms with E-state index in [0.717, 1.165) is 0 Å². The highest BCUT2D eigenvalue weighted by Gasteiger charge is 2.17. The number of thioether (sulfide) groups is 1. The van der Waals surface area contributed by atoms with Crippen LogP contribution in [0.5, 0.6) is 0 Å². The maximum Gasteiger partial charge on any atom is 0.277 e. The Morgan fingerprint density at radius 1 is 1.61 bits per heavy atom. The Morgan fingerprint density at radius 2 is 2.33 bits per heavy atom. The second-order valence-corrected chi connectivity index (χ2v) is 5.29. The summed E-state index contributed by atoms with van der Waals surface area (Å²) in [6, 6.07) is 0. The summed E-state index contributed by atoms with van der Waals surface area (Å²) < 4.78 is 5.42. The van der Waals surface area contributed by atoms with E-state index in [1.807, 2.05) is 19.0 Å². The van der Waals surface area contributed by atoms with Crippen LogP contribution in [-0.2, 0) is 11.3 Å². The normalized spacial score (nSPS) is 12.4. The van der Waals surface area contributed by atoms with Gasteiger partial charge in [0.15, 0.2) is 0 Å². The second kappa shape index (κ2) is 7.17. The van der Waals surface area contributed by atoms with Crippen molar-refractivity contribution in [1.82, 2.24) is 20.4 Å². The maximum atomic E-state index is 11.6. The van der Waals surface area contributed by atoms with Gasteiger partial charge in [0.1, 0.15) is 0 Å². The SMILES string of the molecule is C=CCNC(=O)[C@@H](C)Sc1nnc(CN(C)C)o1. The van der Waals surface area contributed by atoms with Crippen LogP contribution in [0.15, 0.2) is 22.3 Å². The van der Waals surface area contributed by atoms with Crippen molar-refractivity contribution in [2.75, 3.05) is 20.6 Å². The van der Waals surface area contributed by atoms with E-state index in [1.54, 1.807) is 13.0 Å². The van der Waals surface area contributed by atoms with E-state index in [-0.39, 0.29) is 11.2 Å². The molecule has 1 rings (SSSR count). The number of hydrogen-bond donors (Lipinski definition) is 1. The summed E-state index contributed by atoms with van der Waals surface area (Å²) in [5.41, 5.74) is 0. The number of hydrogen-bond acceptors (Lipinski definition) is 6. The van der Waals surface area contributed by atoms with Crippen LogP contribution in [0.1, 0.15) is 12.8 Å². The molecule has 0 fully saturated rings. The fraction of sp³-hybridized carbons (Fsp3) is 0.545. The summed E-state index contributed by atoms with van der Waals surface area (Å²) in [4.78, 5) is 13.5. The van der Waals surface area contributed by atoms with Gasteiger partial charge in [0.05, 0.1) is 11.8 Å². The lowest BCUT2D eigenvalue weighted by Crippen LogP contribution is -2.30. The van der Waals surface area contributed by atoms with E-state index in [4.69, 9.17) is 4.42 Å². The van der Waals surface area contributed by atoms with E-state index in [0.29, 0.717) is 24.2 Å². The topological polar surface area (TPSA) is 71.3 Å². The highest BCUT2D eigenvalue weighted by Crippen LogP contribution is 2.21. The molecule has 0 saturated heterocycles. The Balaban J connectivity index is 2.48. The number of nitrogens with zero attached hydrogens (tertiary/aromatic N) is 3. The molecule has 0 spiro atoms. The molecule has 0 aliphatic carbocycles. The third kappa shape index (κ3) is 4.89. The number of aromatic nitrogens is 2. The molecule has 1 N–H and O–H groups in total. The van der Waals surface area contributed by atoms with Gasteiger partial charge in [-0.15, -0.1) is 16.8 Å². The number of rotatable bonds is 7. The lowest BCUT2D eigenvalue weighted by molar-refractivity contribution is -0.120. The van der Waals surface area contributed by atoms with Gasteiger partial charge in [0.25, 0.3) is 5.22 Å². The lowest BCUT2D eigenvalue weighted by atomic mass is 10.4. The van der Waals surface area contributed by atoms with Crippen LogP contribution >= 0.6 is 11.8 Å². The van der Waals surface area contributed by atoms with Crippen molar-refractivity contribution in [3.8, 4) is 0 Å². The standard InChI is InChI=1S/C11H18N4O2S/c1-5-6-12-10(16)8(2)18-11-14-13-9(17-11)7-15(3)4/h5,8H,1,6-7H2,2-4H3,(H,12,16)/t8-/m1/s1. The first kappa shape index (κ1) is 14.7. The summed E-state index contributed by atoms with van der Waals surface area (Å²) >= 11 is 1.24. The fourth-order valence-electron chi connectivity index (χ4n) is 1.14. The molecule has 1 heterocycles. The second-order valence-electron chi connectivity index (χ2n) is 3.99. The minimum absolute atomic E-state index is 0.0766. The van der Waals surface area contributed by atoms with Gasteiger partial charge < -0.3 is 14.6 Å². The van der Waals surface area contributed by atoms with Gasteiger partial charge in [-0.2, -0.15) is 0 Å². The van der Waals surface area contributed by atoms with Crippen molar-refractivity contribution in [1.29, 1.82) is 0 Å². The zero-order chi connectivity index (χ0) is 13.5. The molecule has 1 aromatic rings. The minimum atomic E-state index is -0.280. The minimum Gasteiger partial charge on any atom is -0.415 e. The molecule has 1 atom stereocenters. The molecule has 7 heteroatoms. The first-order valence-electron chi connectivity index (χ1n) is 5.55. The van der Waals surface area contributed by atoms with Crippen LogP contribution in [0.4, 0.5) is 0 Å². The predicted molar refractivity (Wildman–Crippen MR) is 70.2 cm³/mol. The van der Waals surface area contributed by atoms with E-state index < -0.39 is 0 Å². The molecule has 100 valence electrons. The molecule has 0 aliphatic heterocycles. The van der Waals surface area contributed by atoms with E-state index in [9.17, 15) is 4.79 Å². The molecule has 6 nitrogen and oxygen atoms in total. The molecule has 1 aromatic heterocycles. The van der Waals surface area contributed by atoms with Gasteiger partial charge in [0, 0.05) is 6.54 Å². The zero-order valence-corrected chi connectivity index (χ0v) is 11.7. The van der Waals surface area contributed by atoms with Crippen LogP contribution in [0.3, 0.4) is 0 Å². The monoisotopic (exact) mass is 270 g/mol. The van der Waals surface area contributed by atoms with Gasteiger partial charge >= 0.3 is 0 Å². The quantitative estimate of drug-likeness (QED) is 0.586. The van der Waals surface area contributed by atoms with Gasteiger partial charge in [-0.1, -0.05) is 17.8 Å². The van der Waals surface area contributed by atoms with E-state index in [2.05, 4.69) is 22.1 Å². The molecular formula is C11H18N4O2S. The van der Waals surface area contributed by atoms with Crippen LogP contribution in [0.25, 0.3) is 0 Å². The van der Waals surface area contributed by atoms with Crippen LogP contribution in [0.2, 0.25) is 0 Å². The molecule has 0 saturated carbocycles. The molecule has 0 aliphatic rings. The molecule has 18 heavy (non-hydrogen) atoms. The van der Waals surface area contributed by atoms with Crippen molar-refractivity contribution in [2.24, 2.45) is 0 Å². The average molecular weight is 270 g/mol. The molecule has 1 amide bonds. The Morgan fingerprint density at radius 3 is 2.94 bits per heavy atom. The molecule has 0 aromatic carbocycles. The first-order chi connectivity index (χ1) is 8.52. The highest BCUT2D eigenvalue weighted by molar-refractivity contribution is 8.00. The largest absolute Gasteiger partial charge is 0.415 e. The number of carbonyl (C=O) groups is 1. The van der Waals surface area contributed by atoms with Crippen LogP contribution < -0.4 is 5.32 Å². The Kier molecular flexibility index (Phi) is 5.87. The average Bonchev–Trinajstić information content (AvgIpc) is 2.72. The molecule has 0 radical (unpaired) electrons. The molecular weight excluding hydrogens is 252 g/mol. The fourth-order valence-corrected chi connectivity index (χ4v) is 1.87. The van der Waals surface area contributed by atoms with E-state index in [1.165, 1.54) is 11.8 Å². The zero-order valence-electron chi connectivity index (χ0n) is 10.8. The van der Waals surface area contributed by atoms with Crippen molar-refractivity contribution in [2.45, 2.75) is 23.9 Å². The maximum absolute atomic E-state index is 11.6. The first-order valence-corrected chi connectivity index (χ1v) is 6.43. The highest BCUT2D eigenvalue weighted by atomic mass is 32.2. The summed E-state index contributed by atoms with van der Waals surface area (Å²) in [7, 11) is 3.84. The Labute approximate surface area is 111 Å².